The first-order chi connectivity index (χ1) is 18.8. The van der Waals surface area contributed by atoms with Crippen LogP contribution in [-0.4, -0.2) is 60.7 Å². The quantitative estimate of drug-likeness (QED) is 0.265. The summed E-state index contributed by atoms with van der Waals surface area (Å²) in [4.78, 5) is 47.7. The number of non-ortho nitro benzene ring substituents is 1. The number of nitro groups is 1. The number of hydrogen-bond acceptors (Lipinski definition) is 9. The number of anilines is 1. The van der Waals surface area contributed by atoms with Crippen LogP contribution in [0.25, 0.3) is 6.08 Å². The number of nitrogens with zero attached hydrogens (tertiary/aromatic N) is 5. The number of carbonyl (C=O) groups excluding carboxylic acids is 1. The van der Waals surface area contributed by atoms with E-state index in [4.69, 9.17) is 9.73 Å². The third-order valence-electron chi connectivity index (χ3n) is 7.12. The second kappa shape index (κ2) is 11.0. The van der Waals surface area contributed by atoms with Crippen molar-refractivity contribution in [1.29, 1.82) is 0 Å². The number of fused-ring (bicyclic) bond motifs is 1. The van der Waals surface area contributed by atoms with Crippen molar-refractivity contribution in [2.24, 2.45) is 4.99 Å². The predicted molar refractivity (Wildman–Crippen MR) is 150 cm³/mol. The van der Waals surface area contributed by atoms with Gasteiger partial charge in [0.2, 0.25) is 0 Å². The van der Waals surface area contributed by atoms with Gasteiger partial charge < -0.3 is 14.5 Å². The van der Waals surface area contributed by atoms with E-state index in [0.717, 1.165) is 37.4 Å². The van der Waals surface area contributed by atoms with E-state index in [1.54, 1.807) is 12.1 Å². The molecule has 2 aliphatic heterocycles. The highest BCUT2D eigenvalue weighted by atomic mass is 32.1. The van der Waals surface area contributed by atoms with E-state index in [2.05, 4.69) is 16.8 Å². The number of hydrogen-bond donors (Lipinski definition) is 0. The number of nitro benzene ring substituents is 1. The van der Waals surface area contributed by atoms with Gasteiger partial charge in [0.25, 0.3) is 11.2 Å². The van der Waals surface area contributed by atoms with E-state index < -0.39 is 16.9 Å². The zero-order valence-electron chi connectivity index (χ0n) is 22.0. The van der Waals surface area contributed by atoms with E-state index in [1.807, 2.05) is 37.3 Å². The minimum Gasteiger partial charge on any atom is -0.466 e. The van der Waals surface area contributed by atoms with Crippen molar-refractivity contribution in [3.63, 3.8) is 0 Å². The van der Waals surface area contributed by atoms with Crippen molar-refractivity contribution >= 4 is 34.8 Å². The van der Waals surface area contributed by atoms with Gasteiger partial charge in [0.1, 0.15) is 0 Å². The molecule has 1 fully saturated rings. The number of likely N-dealkylation sites (N-methyl/N-ethyl adjacent to an activating group) is 1. The molecule has 5 rings (SSSR count). The first-order valence-electron chi connectivity index (χ1n) is 12.7. The number of allylic oxidation sites excluding steroid dienone is 1. The van der Waals surface area contributed by atoms with Crippen molar-refractivity contribution in [3.05, 3.63) is 101 Å². The van der Waals surface area contributed by atoms with Gasteiger partial charge in [-0.25, -0.2) is 9.79 Å². The molecule has 0 amide bonds. The number of ether oxygens (including phenoxy) is 1. The molecule has 11 heteroatoms. The summed E-state index contributed by atoms with van der Waals surface area (Å²) in [6.45, 7) is 5.18. The number of esters is 1. The van der Waals surface area contributed by atoms with Crippen LogP contribution >= 0.6 is 11.3 Å². The van der Waals surface area contributed by atoms with Crippen LogP contribution < -0.4 is 19.8 Å². The van der Waals surface area contributed by atoms with Gasteiger partial charge in [0.05, 0.1) is 33.9 Å². The minimum absolute atomic E-state index is 0.0460. The molecule has 202 valence electrons. The molecule has 1 saturated heterocycles. The summed E-state index contributed by atoms with van der Waals surface area (Å²) < 4.78 is 7.02. The molecule has 3 heterocycles. The molecule has 39 heavy (non-hydrogen) atoms. The fourth-order valence-electron chi connectivity index (χ4n) is 5.06. The van der Waals surface area contributed by atoms with E-state index in [0.29, 0.717) is 32.6 Å². The first kappa shape index (κ1) is 26.5. The predicted octanol–water partition coefficient (Wildman–Crippen LogP) is 2.46. The summed E-state index contributed by atoms with van der Waals surface area (Å²) in [6, 6.07) is 13.4. The van der Waals surface area contributed by atoms with Crippen molar-refractivity contribution in [3.8, 4) is 0 Å². The number of aromatic nitrogens is 1. The van der Waals surface area contributed by atoms with Crippen LogP contribution in [0.5, 0.6) is 0 Å². The van der Waals surface area contributed by atoms with Gasteiger partial charge in [0.15, 0.2) is 4.80 Å². The molecule has 0 bridgehead atoms. The average Bonchev–Trinajstić information content (AvgIpc) is 3.26. The molecular formula is C28H29N5O5S. The smallest absolute Gasteiger partial charge is 0.338 e. The molecule has 1 atom stereocenters. The van der Waals surface area contributed by atoms with Crippen LogP contribution in [0.4, 0.5) is 11.4 Å². The molecule has 0 N–H and O–H groups in total. The van der Waals surface area contributed by atoms with Crippen molar-refractivity contribution in [2.75, 3.05) is 45.2 Å². The van der Waals surface area contributed by atoms with Gasteiger partial charge >= 0.3 is 5.97 Å². The van der Waals surface area contributed by atoms with Crippen molar-refractivity contribution in [2.45, 2.75) is 19.4 Å². The van der Waals surface area contributed by atoms with Crippen LogP contribution in [0.2, 0.25) is 0 Å². The Morgan fingerprint density at radius 1 is 1.18 bits per heavy atom. The third-order valence-corrected chi connectivity index (χ3v) is 8.10. The molecule has 2 aromatic carbocycles. The molecule has 0 radical (unpaired) electrons. The Morgan fingerprint density at radius 2 is 1.90 bits per heavy atom. The summed E-state index contributed by atoms with van der Waals surface area (Å²) in [6.07, 6.45) is 2.19. The van der Waals surface area contributed by atoms with Gasteiger partial charge in [-0.3, -0.25) is 19.5 Å². The number of rotatable bonds is 6. The molecule has 1 aromatic heterocycles. The lowest BCUT2D eigenvalue weighted by molar-refractivity contribution is -0.384. The zero-order chi connectivity index (χ0) is 27.7. The number of methoxy groups -OCH3 is 1. The highest BCUT2D eigenvalue weighted by Crippen LogP contribution is 2.32. The van der Waals surface area contributed by atoms with Crippen LogP contribution in [-0.2, 0) is 9.53 Å². The van der Waals surface area contributed by atoms with E-state index in [-0.39, 0.29) is 11.2 Å². The first-order valence-corrected chi connectivity index (χ1v) is 13.5. The second-order valence-corrected chi connectivity index (χ2v) is 10.5. The van der Waals surface area contributed by atoms with Gasteiger partial charge in [0, 0.05) is 49.6 Å². The molecule has 0 spiro atoms. The fraction of sp³-hybridized carbons (Fsp3) is 0.321. The summed E-state index contributed by atoms with van der Waals surface area (Å²) in [5.41, 5.74) is 2.73. The van der Waals surface area contributed by atoms with Gasteiger partial charge in [-0.1, -0.05) is 48.6 Å². The number of carbonyl (C=O) groups is 1. The second-order valence-electron chi connectivity index (χ2n) is 9.49. The maximum Gasteiger partial charge on any atom is 0.338 e. The van der Waals surface area contributed by atoms with Crippen LogP contribution in [0.15, 0.2) is 69.6 Å². The maximum atomic E-state index is 14.0. The van der Waals surface area contributed by atoms with E-state index >= 15 is 0 Å². The Morgan fingerprint density at radius 3 is 2.54 bits per heavy atom. The number of piperazine rings is 1. The Hall–Kier alpha value is -4.09. The van der Waals surface area contributed by atoms with Crippen molar-refractivity contribution in [1.82, 2.24) is 9.47 Å². The zero-order valence-corrected chi connectivity index (χ0v) is 22.8. The Kier molecular flexibility index (Phi) is 7.45. The molecule has 3 aromatic rings. The Labute approximate surface area is 228 Å². The highest BCUT2D eigenvalue weighted by molar-refractivity contribution is 7.07. The SMILES string of the molecule is CCC1=C(C(=O)OC)[C@@H](c2ccccc2)n2c(s/c(=C\c3cc([N+](=O)[O-])ccc3N3CCN(C)CC3)c2=O)=N1. The lowest BCUT2D eigenvalue weighted by Gasteiger charge is -2.34. The third kappa shape index (κ3) is 5.02. The Bertz CT molecular complexity index is 1630. The highest BCUT2D eigenvalue weighted by Gasteiger charge is 2.33. The average molecular weight is 548 g/mol. The molecular weight excluding hydrogens is 518 g/mol. The topological polar surface area (TPSA) is 110 Å². The van der Waals surface area contributed by atoms with Gasteiger partial charge in [-0.05, 0) is 31.2 Å². The lowest BCUT2D eigenvalue weighted by Crippen LogP contribution is -2.44. The number of benzene rings is 2. The van der Waals surface area contributed by atoms with Gasteiger partial charge in [-0.15, -0.1) is 0 Å². The summed E-state index contributed by atoms with van der Waals surface area (Å²) in [7, 11) is 3.38. The fourth-order valence-corrected chi connectivity index (χ4v) is 6.07. The van der Waals surface area contributed by atoms with Crippen LogP contribution in [0.3, 0.4) is 0 Å². The lowest BCUT2D eigenvalue weighted by atomic mass is 9.95. The largest absolute Gasteiger partial charge is 0.466 e. The van der Waals surface area contributed by atoms with E-state index in [1.165, 1.54) is 35.1 Å². The molecule has 0 aliphatic carbocycles. The summed E-state index contributed by atoms with van der Waals surface area (Å²) in [5, 5.41) is 11.6. The van der Waals surface area contributed by atoms with Crippen LogP contribution in [0, 0.1) is 10.1 Å². The number of thiazole rings is 1. The maximum absolute atomic E-state index is 14.0. The molecule has 2 aliphatic rings. The summed E-state index contributed by atoms with van der Waals surface area (Å²) >= 11 is 1.21. The Balaban J connectivity index is 1.72. The summed E-state index contributed by atoms with van der Waals surface area (Å²) in [5.74, 6) is -0.533. The van der Waals surface area contributed by atoms with Crippen molar-refractivity contribution < 1.29 is 14.5 Å². The molecule has 10 nitrogen and oxygen atoms in total. The molecule has 0 unspecified atom stereocenters. The molecule has 0 saturated carbocycles. The normalized spacial score (nSPS) is 18.1. The van der Waals surface area contributed by atoms with E-state index in [9.17, 15) is 19.7 Å². The van der Waals surface area contributed by atoms with Crippen LogP contribution in [0.1, 0.15) is 30.5 Å². The monoisotopic (exact) mass is 547 g/mol. The standard InChI is InChI=1S/C28H29N5O5S/c1-4-21-24(27(35)38-3)25(18-8-6-5-7-9-18)32-26(34)23(39-28(32)29-21)17-19-16-20(33(36)37)10-11-22(19)31-14-12-30(2)13-15-31/h5-11,16-17,25H,4,12-15H2,1-3H3/b23-17-/t25-/m1/s1. The van der Waals surface area contributed by atoms with Gasteiger partial charge in [-0.2, -0.15) is 0 Å². The minimum atomic E-state index is -0.700.